The highest BCUT2D eigenvalue weighted by Crippen LogP contribution is 2.76. The van der Waals surface area contributed by atoms with E-state index in [0.717, 1.165) is 30.4 Å². The van der Waals surface area contributed by atoms with Crippen LogP contribution in [0.2, 0.25) is 0 Å². The van der Waals surface area contributed by atoms with Crippen molar-refractivity contribution < 1.29 is 163 Å². The second-order valence-electron chi connectivity index (χ2n) is 31.5. The quantitative estimate of drug-likeness (QED) is 0.0389. The molecule has 5 aliphatic carbocycles. The van der Waals surface area contributed by atoms with E-state index >= 15 is 4.79 Å². The summed E-state index contributed by atoms with van der Waals surface area (Å²) < 4.78 is 82.3. The normalized spacial score (nSPS) is 54.3. The van der Waals surface area contributed by atoms with Gasteiger partial charge in [-0.05, 0) is 105 Å². The van der Waals surface area contributed by atoms with Gasteiger partial charge in [0.25, 0.3) is 0 Å². The first-order valence-corrected chi connectivity index (χ1v) is 35.2. The van der Waals surface area contributed by atoms with Gasteiger partial charge in [-0.3, -0.25) is 4.79 Å². The van der Waals surface area contributed by atoms with Crippen LogP contribution in [-0.2, 0) is 71.1 Å². The third kappa shape index (κ3) is 13.6. The number of ether oxygens (including phenoxy) is 14. The van der Waals surface area contributed by atoms with Crippen molar-refractivity contribution in [1.29, 1.82) is 0 Å². The summed E-state index contributed by atoms with van der Waals surface area (Å²) in [7, 11) is 0. The highest BCUT2D eigenvalue weighted by molar-refractivity contribution is 5.79. The third-order valence-electron chi connectivity index (χ3n) is 25.5. The zero-order chi connectivity index (χ0) is 72.4. The lowest BCUT2D eigenvalue weighted by Crippen LogP contribution is -2.66. The van der Waals surface area contributed by atoms with Gasteiger partial charge in [0.05, 0.1) is 57.3 Å². The van der Waals surface area contributed by atoms with Crippen LogP contribution in [0, 0.1) is 44.8 Å². The first-order valence-electron chi connectivity index (χ1n) is 35.2. The second kappa shape index (κ2) is 29.7. The number of esters is 1. The van der Waals surface area contributed by atoms with Gasteiger partial charge in [0.15, 0.2) is 37.7 Å². The Morgan fingerprint density at radius 3 is 1.70 bits per heavy atom. The number of carbonyl (C=O) groups excluding carboxylic acids is 1. The molecule has 100 heavy (non-hydrogen) atoms. The molecule has 0 aromatic carbocycles. The maximum Gasteiger partial charge on any atom is 0.315 e. The summed E-state index contributed by atoms with van der Waals surface area (Å²) in [5.41, 5.74) is -0.506. The minimum atomic E-state index is -1.92. The fourth-order valence-electron chi connectivity index (χ4n) is 19.3. The maximum absolute atomic E-state index is 15.2. The number of aliphatic hydroxyl groups excluding tert-OH is 18. The lowest BCUT2D eigenvalue weighted by atomic mass is 9.34. The van der Waals surface area contributed by atoms with Gasteiger partial charge in [-0.2, -0.15) is 0 Å². The number of hydrogen-bond acceptors (Lipinski definition) is 33. The molecule has 0 spiro atoms. The van der Waals surface area contributed by atoms with Crippen molar-refractivity contribution in [3.63, 3.8) is 0 Å². The van der Waals surface area contributed by atoms with Crippen LogP contribution >= 0.6 is 0 Å². The molecule has 33 nitrogen and oxygen atoms in total. The summed E-state index contributed by atoms with van der Waals surface area (Å²) in [6.07, 6.45) is -42.9. The number of rotatable bonds is 16. The van der Waals surface area contributed by atoms with Crippen molar-refractivity contribution in [2.45, 2.75) is 302 Å². The molecule has 0 unspecified atom stereocenters. The summed E-state index contributed by atoms with van der Waals surface area (Å²) in [5.74, 6) is -0.786. The number of carbonyl (C=O) groups is 1. The van der Waals surface area contributed by atoms with E-state index in [4.69, 9.17) is 66.3 Å². The van der Waals surface area contributed by atoms with Gasteiger partial charge in [0.1, 0.15) is 140 Å². The Morgan fingerprint density at radius 2 is 1.04 bits per heavy atom. The van der Waals surface area contributed by atoms with Crippen LogP contribution in [0.3, 0.4) is 0 Å². The van der Waals surface area contributed by atoms with Crippen molar-refractivity contribution in [1.82, 2.24) is 0 Å². The van der Waals surface area contributed by atoms with Gasteiger partial charge in [0.2, 0.25) is 6.29 Å². The van der Waals surface area contributed by atoms with E-state index < -0.39 is 252 Å². The van der Waals surface area contributed by atoms with E-state index in [2.05, 4.69) is 47.3 Å². The molecule has 0 aromatic heterocycles. The van der Waals surface area contributed by atoms with Gasteiger partial charge in [0, 0.05) is 5.92 Å². The molecule has 11 fully saturated rings. The molecule has 7 saturated heterocycles. The smallest absolute Gasteiger partial charge is 0.315 e. The molecule has 0 radical (unpaired) electrons. The lowest BCUT2D eigenvalue weighted by Gasteiger charge is -2.71. The fourth-order valence-corrected chi connectivity index (χ4v) is 19.3. The molecule has 0 amide bonds. The number of hydrogen-bond donors (Lipinski definition) is 18. The van der Waals surface area contributed by atoms with Gasteiger partial charge < -0.3 is 158 Å². The Labute approximate surface area is 577 Å². The minimum Gasteiger partial charge on any atom is -0.432 e. The van der Waals surface area contributed by atoms with Crippen LogP contribution in [0.15, 0.2) is 23.8 Å². The Morgan fingerprint density at radius 1 is 0.500 bits per heavy atom. The number of fused-ring (bicyclic) bond motifs is 7. The van der Waals surface area contributed by atoms with Crippen LogP contribution in [0.4, 0.5) is 0 Å². The first-order chi connectivity index (χ1) is 47.1. The van der Waals surface area contributed by atoms with Crippen molar-refractivity contribution in [2.75, 3.05) is 39.6 Å². The monoisotopic (exact) mass is 1440 g/mol. The fraction of sp³-hybridized carbons (Fsp3) is 0.925. The molecule has 18 N–H and O–H groups in total. The molecule has 0 aromatic rings. The largest absolute Gasteiger partial charge is 0.432 e. The van der Waals surface area contributed by atoms with E-state index in [0.29, 0.717) is 44.9 Å². The van der Waals surface area contributed by atoms with Crippen LogP contribution < -0.4 is 0 Å². The van der Waals surface area contributed by atoms with Crippen molar-refractivity contribution in [3.8, 4) is 0 Å². The summed E-state index contributed by atoms with van der Waals surface area (Å²) >= 11 is 0. The van der Waals surface area contributed by atoms with E-state index in [-0.39, 0.29) is 35.2 Å². The van der Waals surface area contributed by atoms with Crippen molar-refractivity contribution >= 4 is 5.97 Å². The molecule has 572 valence electrons. The predicted octanol–water partition coefficient (Wildman–Crippen LogP) is -5.45. The zero-order valence-corrected chi connectivity index (χ0v) is 57.0. The van der Waals surface area contributed by atoms with Crippen LogP contribution in [-0.4, -0.2) is 334 Å². The number of allylic oxidation sites excluding steroid dienone is 3. The topological polar surface area (TPSA) is 510 Å². The van der Waals surface area contributed by atoms with Crippen LogP contribution in [0.25, 0.3) is 0 Å². The molecule has 7 heterocycles. The van der Waals surface area contributed by atoms with Crippen LogP contribution in [0.5, 0.6) is 0 Å². The highest BCUT2D eigenvalue weighted by atomic mass is 16.8. The van der Waals surface area contributed by atoms with E-state index in [1.807, 2.05) is 0 Å². The lowest BCUT2D eigenvalue weighted by molar-refractivity contribution is -0.378. The molecule has 7 aliphatic heterocycles. The SMILES string of the molecule is C=C1CC[C@]2(C(=O)O[C@@H]3O[C@H](CO[C@@H]4O[C@H](CO)[C@@H](O[C@@H]5O[C@@H](C)[C@H](O)[C@@H](O)[C@H]5O)[C@H](O)[C@H]4O)[C@@H](O)[C@H](O)[C@H]3O)CC[C@]3(C)C(=CC[C@@H]4[C@@]5(C)CC[C@H](O[C@@H]6OC[C@H](O)[C@H](O[C@@H]7OC[C@H](O)[C@H](O)[C@H]7O[C@@H]7OC[C@@H](O)[C@H](O[C@@H]8OC[C@H](O)[C@H](O)[C@H]8O)[C@H]7O)[C@H]6O)C(C)(C)[C@@H]5CC[C@]43C)[C@@H]2C1. The summed E-state index contributed by atoms with van der Waals surface area (Å²) in [5, 5.41) is 196. The van der Waals surface area contributed by atoms with Gasteiger partial charge in [-0.1, -0.05) is 58.4 Å². The third-order valence-corrected chi connectivity index (χ3v) is 25.5. The van der Waals surface area contributed by atoms with Crippen molar-refractivity contribution in [3.05, 3.63) is 23.8 Å². The molecule has 12 rings (SSSR count). The molecule has 39 atom stereocenters. The van der Waals surface area contributed by atoms with Crippen LogP contribution in [0.1, 0.15) is 106 Å². The molecule has 4 saturated carbocycles. The van der Waals surface area contributed by atoms with E-state index in [9.17, 15) is 91.9 Å². The summed E-state index contributed by atoms with van der Waals surface area (Å²) in [6.45, 7) is 13.9. The van der Waals surface area contributed by atoms with E-state index in [1.165, 1.54) is 6.92 Å². The van der Waals surface area contributed by atoms with Gasteiger partial charge in [-0.25, -0.2) is 0 Å². The Bertz CT molecular complexity index is 2860. The summed E-state index contributed by atoms with van der Waals surface area (Å²) in [6, 6.07) is 0. The Kier molecular flexibility index (Phi) is 23.0. The first kappa shape index (κ1) is 77.3. The zero-order valence-electron chi connectivity index (χ0n) is 57.0. The Hall–Kier alpha value is -2.29. The highest BCUT2D eigenvalue weighted by Gasteiger charge is 2.70. The molecular weight excluding hydrogens is 1330 g/mol. The molecular formula is C67H106O33. The average molecular weight is 1440 g/mol. The number of aliphatic hydroxyl groups is 18. The average Bonchev–Trinajstić information content (AvgIpc) is 0.676. The van der Waals surface area contributed by atoms with Gasteiger partial charge >= 0.3 is 5.97 Å². The Balaban J connectivity index is 0.689. The predicted molar refractivity (Wildman–Crippen MR) is 331 cm³/mol. The van der Waals surface area contributed by atoms with Crippen molar-refractivity contribution in [2.24, 2.45) is 44.8 Å². The van der Waals surface area contributed by atoms with E-state index in [1.54, 1.807) is 0 Å². The van der Waals surface area contributed by atoms with Gasteiger partial charge in [-0.15, -0.1) is 0 Å². The standard InChI is InChI=1S/C67H106O33/c1-25-10-15-67(62(86)100-60-47(82)43(78)41(76)34(94-60)24-91-55-48(83)44(79)53(33(19-68)93-55)98-59-46(81)42(77)38(73)26(2)92-59)17-16-65(6)27(28(67)18-25)8-9-36-64(5)13-12-37(63(3,4)35(64)11-14-66(36,65)7)95-57-49(84)52(32(72)22-88-57)97-61-54(40(75)30(70)21-90-61)99-58-50(85)51(31(71)23-89-58)96-56-45(80)39(74)29(69)20-87-56/h8,26,28-61,68-85H,1,9-24H2,2-7H3/t26-,28-,29-,30-,31+,32-,33+,34+,35-,36+,37-,38-,39-,40-,41+,42+,43-,44+,45+,46+,47+,48+,49+,50+,51-,52-,53+,54+,55+,56-,57-,58-,59-,60-,61-,64-,65+,66+,67-/m0/s1. The molecule has 33 heteroatoms. The maximum atomic E-state index is 15.2. The minimum absolute atomic E-state index is 0.0853. The second-order valence-corrected chi connectivity index (χ2v) is 31.5. The molecule has 12 aliphatic rings. The summed E-state index contributed by atoms with van der Waals surface area (Å²) in [4.78, 5) is 15.2. The molecule has 0 bridgehead atoms.